The van der Waals surface area contributed by atoms with E-state index in [1.807, 2.05) is 29.2 Å². The number of rotatable bonds is 5. The minimum atomic E-state index is -4.39. The quantitative estimate of drug-likeness (QED) is 0.491. The van der Waals surface area contributed by atoms with E-state index in [4.69, 9.17) is 0 Å². The zero-order valence-electron chi connectivity index (χ0n) is 17.8. The van der Waals surface area contributed by atoms with Crippen LogP contribution in [0.5, 0.6) is 5.75 Å². The Bertz CT molecular complexity index is 1130. The minimum Gasteiger partial charge on any atom is -0.508 e. The minimum absolute atomic E-state index is 0.0728. The van der Waals surface area contributed by atoms with E-state index < -0.39 is 11.7 Å². The smallest absolute Gasteiger partial charge is 0.416 e. The van der Waals surface area contributed by atoms with Gasteiger partial charge in [-0.1, -0.05) is 30.0 Å². The molecule has 2 heterocycles. The third-order valence-corrected chi connectivity index (χ3v) is 6.62. The van der Waals surface area contributed by atoms with Crippen LogP contribution in [0.25, 0.3) is 0 Å². The number of benzene rings is 2. The molecular formula is C25H23F3N2O2S. The van der Waals surface area contributed by atoms with Crippen LogP contribution in [-0.2, 0) is 12.6 Å². The topological polar surface area (TPSA) is 53.4 Å². The molecule has 0 spiro atoms. The lowest BCUT2D eigenvalue weighted by molar-refractivity contribution is -0.137. The van der Waals surface area contributed by atoms with Crippen molar-refractivity contribution in [2.45, 2.75) is 35.4 Å². The van der Waals surface area contributed by atoms with Gasteiger partial charge in [-0.3, -0.25) is 4.79 Å². The van der Waals surface area contributed by atoms with Crippen molar-refractivity contribution in [3.8, 4) is 5.75 Å². The lowest BCUT2D eigenvalue weighted by Gasteiger charge is -2.32. The van der Waals surface area contributed by atoms with E-state index in [0.29, 0.717) is 29.6 Å². The van der Waals surface area contributed by atoms with E-state index in [0.717, 1.165) is 41.9 Å². The summed E-state index contributed by atoms with van der Waals surface area (Å²) < 4.78 is 38.9. The molecule has 1 aliphatic rings. The Kier molecular flexibility index (Phi) is 6.93. The average Bonchev–Trinajstić information content (AvgIpc) is 2.79. The second-order valence-electron chi connectivity index (χ2n) is 8.12. The number of carbonyl (C=O) groups excluding carboxylic acids is 1. The number of amides is 1. The molecule has 1 fully saturated rings. The average molecular weight is 473 g/mol. The molecule has 172 valence electrons. The Morgan fingerprint density at radius 2 is 1.82 bits per heavy atom. The third-order valence-electron chi connectivity index (χ3n) is 5.70. The van der Waals surface area contributed by atoms with Crippen LogP contribution in [0, 0.1) is 5.92 Å². The summed E-state index contributed by atoms with van der Waals surface area (Å²) in [4.78, 5) is 19.4. The van der Waals surface area contributed by atoms with Gasteiger partial charge in [0.1, 0.15) is 10.8 Å². The van der Waals surface area contributed by atoms with Crippen LogP contribution in [0.3, 0.4) is 0 Å². The normalized spacial score (nSPS) is 14.9. The number of piperidine rings is 1. The van der Waals surface area contributed by atoms with E-state index in [1.54, 1.807) is 18.2 Å². The zero-order chi connectivity index (χ0) is 23.4. The molecule has 1 aromatic heterocycles. The molecule has 1 saturated heterocycles. The van der Waals surface area contributed by atoms with Crippen LogP contribution < -0.4 is 0 Å². The Labute approximate surface area is 194 Å². The van der Waals surface area contributed by atoms with Crippen LogP contribution >= 0.6 is 11.8 Å². The van der Waals surface area contributed by atoms with Crippen molar-refractivity contribution in [3.63, 3.8) is 0 Å². The molecule has 1 aliphatic heterocycles. The number of halogens is 3. The Balaban J connectivity index is 1.34. The van der Waals surface area contributed by atoms with Gasteiger partial charge in [-0.2, -0.15) is 13.2 Å². The van der Waals surface area contributed by atoms with Crippen molar-refractivity contribution in [3.05, 3.63) is 83.6 Å². The molecule has 2 aromatic carbocycles. The number of alkyl halides is 3. The van der Waals surface area contributed by atoms with Gasteiger partial charge in [0.25, 0.3) is 5.91 Å². The number of hydrogen-bond acceptors (Lipinski definition) is 4. The van der Waals surface area contributed by atoms with E-state index in [2.05, 4.69) is 4.98 Å². The van der Waals surface area contributed by atoms with E-state index >= 15 is 0 Å². The van der Waals surface area contributed by atoms with E-state index in [1.165, 1.54) is 24.0 Å². The number of hydrogen-bond donors (Lipinski definition) is 1. The highest BCUT2D eigenvalue weighted by atomic mass is 32.2. The number of phenolic OH excluding ortho intramolecular Hbond substituents is 1. The standard InChI is InChI=1S/C25H23F3N2O2S/c26-25(27,28)20-7-10-29-23(16-20)33-22-6-1-3-18(14-22)13-17-8-11-30(12-9-17)24(32)19-4-2-5-21(31)15-19/h1-7,10,14-17,31H,8-9,11-13H2. The Morgan fingerprint density at radius 3 is 2.55 bits per heavy atom. The molecule has 4 rings (SSSR count). The summed E-state index contributed by atoms with van der Waals surface area (Å²) in [5, 5.41) is 9.91. The predicted octanol–water partition coefficient (Wildman–Crippen LogP) is 6.05. The molecule has 1 N–H and O–H groups in total. The number of aromatic hydroxyl groups is 1. The van der Waals surface area contributed by atoms with Gasteiger partial charge in [-0.15, -0.1) is 0 Å². The SMILES string of the molecule is O=C(c1cccc(O)c1)N1CCC(Cc2cccc(Sc3cc(C(F)(F)F)ccn3)c2)CC1. The van der Waals surface area contributed by atoms with Gasteiger partial charge < -0.3 is 10.0 Å². The summed E-state index contributed by atoms with van der Waals surface area (Å²) in [6.45, 7) is 1.31. The summed E-state index contributed by atoms with van der Waals surface area (Å²) in [6.07, 6.45) is -0.620. The third kappa shape index (κ3) is 6.07. The summed E-state index contributed by atoms with van der Waals surface area (Å²) >= 11 is 1.21. The van der Waals surface area contributed by atoms with Gasteiger partial charge in [0.05, 0.1) is 5.56 Å². The van der Waals surface area contributed by atoms with E-state index in [9.17, 15) is 23.1 Å². The van der Waals surface area contributed by atoms with Crippen molar-refractivity contribution in [1.82, 2.24) is 9.88 Å². The van der Waals surface area contributed by atoms with E-state index in [-0.39, 0.29) is 11.7 Å². The van der Waals surface area contributed by atoms with Crippen molar-refractivity contribution < 1.29 is 23.1 Å². The van der Waals surface area contributed by atoms with Crippen LogP contribution in [0.4, 0.5) is 13.2 Å². The fraction of sp³-hybridized carbons (Fsp3) is 0.280. The first-order valence-corrected chi connectivity index (χ1v) is 11.5. The Morgan fingerprint density at radius 1 is 1.06 bits per heavy atom. The first-order valence-electron chi connectivity index (χ1n) is 10.7. The number of phenols is 1. The maximum Gasteiger partial charge on any atom is 0.416 e. The zero-order valence-corrected chi connectivity index (χ0v) is 18.6. The molecule has 4 nitrogen and oxygen atoms in total. The van der Waals surface area contributed by atoms with Crippen molar-refractivity contribution in [2.24, 2.45) is 5.92 Å². The second-order valence-corrected chi connectivity index (χ2v) is 9.21. The fourth-order valence-corrected chi connectivity index (χ4v) is 4.89. The molecule has 33 heavy (non-hydrogen) atoms. The number of aromatic nitrogens is 1. The van der Waals surface area contributed by atoms with Gasteiger partial charge in [0.2, 0.25) is 0 Å². The lowest BCUT2D eigenvalue weighted by atomic mass is 9.90. The first kappa shape index (κ1) is 23.2. The molecule has 0 aliphatic carbocycles. The van der Waals surface area contributed by atoms with Crippen LogP contribution in [0.2, 0.25) is 0 Å². The molecule has 0 atom stereocenters. The molecule has 0 radical (unpaired) electrons. The molecule has 1 amide bonds. The molecule has 0 saturated carbocycles. The fourth-order valence-electron chi connectivity index (χ4n) is 3.99. The van der Waals surface area contributed by atoms with Gasteiger partial charge >= 0.3 is 6.18 Å². The maximum absolute atomic E-state index is 13.0. The molecule has 0 unspecified atom stereocenters. The molecule has 0 bridgehead atoms. The number of carbonyl (C=O) groups is 1. The van der Waals surface area contributed by atoms with Crippen molar-refractivity contribution in [1.29, 1.82) is 0 Å². The summed E-state index contributed by atoms with van der Waals surface area (Å²) in [6, 6.07) is 16.2. The second kappa shape index (κ2) is 9.87. The van der Waals surface area contributed by atoms with Gasteiger partial charge in [0, 0.05) is 29.7 Å². The molecule has 3 aromatic rings. The summed E-state index contributed by atoms with van der Waals surface area (Å²) in [5.41, 5.74) is 0.897. The van der Waals surface area contributed by atoms with Gasteiger partial charge in [-0.25, -0.2) is 4.98 Å². The Hall–Kier alpha value is -3.00. The summed E-state index contributed by atoms with van der Waals surface area (Å²) in [7, 11) is 0. The number of nitrogens with zero attached hydrogens (tertiary/aromatic N) is 2. The monoisotopic (exact) mass is 472 g/mol. The van der Waals surface area contributed by atoms with Crippen LogP contribution in [0.1, 0.15) is 34.3 Å². The summed E-state index contributed by atoms with van der Waals surface area (Å²) in [5.74, 6) is 0.426. The highest BCUT2D eigenvalue weighted by Crippen LogP contribution is 2.34. The largest absolute Gasteiger partial charge is 0.508 e. The maximum atomic E-state index is 13.0. The first-order chi connectivity index (χ1) is 15.8. The highest BCUT2D eigenvalue weighted by Gasteiger charge is 2.30. The van der Waals surface area contributed by atoms with Gasteiger partial charge in [-0.05, 0) is 73.2 Å². The molecule has 8 heteroatoms. The van der Waals surface area contributed by atoms with Gasteiger partial charge in [0.15, 0.2) is 0 Å². The number of pyridine rings is 1. The van der Waals surface area contributed by atoms with Crippen LogP contribution in [0.15, 0.2) is 76.8 Å². The lowest BCUT2D eigenvalue weighted by Crippen LogP contribution is -2.38. The predicted molar refractivity (Wildman–Crippen MR) is 120 cm³/mol. The van der Waals surface area contributed by atoms with Crippen LogP contribution in [-0.4, -0.2) is 34.0 Å². The van der Waals surface area contributed by atoms with Crippen molar-refractivity contribution in [2.75, 3.05) is 13.1 Å². The molecular weight excluding hydrogens is 449 g/mol. The van der Waals surface area contributed by atoms with Crippen molar-refractivity contribution >= 4 is 17.7 Å². The number of likely N-dealkylation sites (tertiary alicyclic amines) is 1. The highest BCUT2D eigenvalue weighted by molar-refractivity contribution is 7.99.